The van der Waals surface area contributed by atoms with Gasteiger partial charge in [-0.1, -0.05) is 17.7 Å². The monoisotopic (exact) mass is 406 g/mol. The van der Waals surface area contributed by atoms with Gasteiger partial charge in [-0.15, -0.1) is 0 Å². The molecule has 2 aromatic carbocycles. The zero-order valence-electron chi connectivity index (χ0n) is 15.3. The van der Waals surface area contributed by atoms with Gasteiger partial charge in [-0.05, 0) is 30.7 Å². The molecular weight excluding hydrogens is 387 g/mol. The van der Waals surface area contributed by atoms with Crippen molar-refractivity contribution < 1.29 is 27.2 Å². The van der Waals surface area contributed by atoms with Crippen LogP contribution in [-0.4, -0.2) is 41.3 Å². The molecule has 0 aliphatic carbocycles. The molecule has 0 bridgehead atoms. The molecule has 0 spiro atoms. The summed E-state index contributed by atoms with van der Waals surface area (Å²) < 4.78 is 52.0. The Morgan fingerprint density at radius 3 is 2.64 bits per heavy atom. The van der Waals surface area contributed by atoms with Gasteiger partial charge in [0.25, 0.3) is 10.1 Å². The molecule has 7 nitrogen and oxygen atoms in total. The molecule has 28 heavy (non-hydrogen) atoms. The Kier molecular flexibility index (Phi) is 5.59. The molecule has 1 unspecified atom stereocenters. The maximum absolute atomic E-state index is 14.4. The van der Waals surface area contributed by atoms with Gasteiger partial charge in [0.05, 0.1) is 35.3 Å². The van der Waals surface area contributed by atoms with Gasteiger partial charge in [0.2, 0.25) is 5.88 Å². The van der Waals surface area contributed by atoms with Crippen LogP contribution in [0.25, 0.3) is 11.0 Å². The van der Waals surface area contributed by atoms with Crippen LogP contribution in [0.15, 0.2) is 41.4 Å². The van der Waals surface area contributed by atoms with Gasteiger partial charge in [-0.3, -0.25) is 4.55 Å². The Morgan fingerprint density at radius 1 is 1.21 bits per heavy atom. The molecule has 0 saturated carbocycles. The molecule has 0 amide bonds. The van der Waals surface area contributed by atoms with E-state index in [1.165, 1.54) is 31.5 Å². The normalized spacial score (nSPS) is 12.9. The van der Waals surface area contributed by atoms with Gasteiger partial charge in [-0.25, -0.2) is 14.4 Å². The second kappa shape index (κ2) is 7.78. The smallest absolute Gasteiger partial charge is 0.294 e. The van der Waals surface area contributed by atoms with Crippen molar-refractivity contribution in [2.45, 2.75) is 30.8 Å². The SMILES string of the molecule is COc1cnc2ccc(F)c(CC(O)Cc3cc(C)ccc3S(=O)(=O)O)c2n1. The standard InChI is InChI=1S/C19H19FN2O5S/c1-11-3-6-17(28(24,25)26)12(7-11)8-13(23)9-14-15(20)4-5-16-19(14)22-18(27-2)10-21-16/h3-7,10,13,23H,8-9H2,1-2H3,(H,24,25,26). The Hall–Kier alpha value is -2.62. The van der Waals surface area contributed by atoms with Gasteiger partial charge in [-0.2, -0.15) is 8.42 Å². The summed E-state index contributed by atoms with van der Waals surface area (Å²) in [7, 11) is -3.03. The van der Waals surface area contributed by atoms with E-state index in [2.05, 4.69) is 9.97 Å². The van der Waals surface area contributed by atoms with Crippen LogP contribution in [0.2, 0.25) is 0 Å². The lowest BCUT2D eigenvalue weighted by Gasteiger charge is -2.15. The van der Waals surface area contributed by atoms with Crippen LogP contribution in [0, 0.1) is 12.7 Å². The predicted molar refractivity (Wildman–Crippen MR) is 100 cm³/mol. The highest BCUT2D eigenvalue weighted by molar-refractivity contribution is 7.85. The minimum atomic E-state index is -4.44. The lowest BCUT2D eigenvalue weighted by Crippen LogP contribution is -2.17. The molecule has 9 heteroatoms. The minimum Gasteiger partial charge on any atom is -0.480 e. The predicted octanol–water partition coefficient (Wildman–Crippen LogP) is 2.48. The summed E-state index contributed by atoms with van der Waals surface area (Å²) in [5.74, 6) is -0.352. The Bertz CT molecular complexity index is 1130. The molecule has 3 rings (SSSR count). The van der Waals surface area contributed by atoms with E-state index >= 15 is 0 Å². The lowest BCUT2D eigenvalue weighted by atomic mass is 9.99. The first-order valence-electron chi connectivity index (χ1n) is 8.42. The van der Waals surface area contributed by atoms with E-state index in [4.69, 9.17) is 4.74 Å². The summed E-state index contributed by atoms with van der Waals surface area (Å²) in [4.78, 5) is 8.09. The molecule has 0 aliphatic heterocycles. The van der Waals surface area contributed by atoms with Gasteiger partial charge in [0, 0.05) is 18.4 Å². The highest BCUT2D eigenvalue weighted by Gasteiger charge is 2.20. The summed E-state index contributed by atoms with van der Waals surface area (Å²) in [5.41, 5.74) is 1.87. The third-order valence-electron chi connectivity index (χ3n) is 4.34. The first-order valence-corrected chi connectivity index (χ1v) is 9.86. The van der Waals surface area contributed by atoms with Crippen LogP contribution in [0.3, 0.4) is 0 Å². The van der Waals surface area contributed by atoms with E-state index in [0.717, 1.165) is 5.56 Å². The van der Waals surface area contributed by atoms with Crippen molar-refractivity contribution in [3.05, 3.63) is 59.0 Å². The van der Waals surface area contributed by atoms with Crippen LogP contribution in [0.4, 0.5) is 4.39 Å². The van der Waals surface area contributed by atoms with E-state index in [9.17, 15) is 22.5 Å². The van der Waals surface area contributed by atoms with Crippen molar-refractivity contribution in [3.8, 4) is 5.88 Å². The number of ether oxygens (including phenoxy) is 1. The van der Waals surface area contributed by atoms with Crippen molar-refractivity contribution in [3.63, 3.8) is 0 Å². The Balaban J connectivity index is 1.96. The number of benzene rings is 2. The van der Waals surface area contributed by atoms with Gasteiger partial charge >= 0.3 is 0 Å². The number of rotatable bonds is 6. The van der Waals surface area contributed by atoms with Crippen molar-refractivity contribution in [1.82, 2.24) is 9.97 Å². The lowest BCUT2D eigenvalue weighted by molar-refractivity contribution is 0.173. The number of nitrogens with zero attached hydrogens (tertiary/aromatic N) is 2. The highest BCUT2D eigenvalue weighted by Crippen LogP contribution is 2.24. The van der Waals surface area contributed by atoms with E-state index in [1.54, 1.807) is 19.1 Å². The zero-order chi connectivity index (χ0) is 20.5. The second-order valence-electron chi connectivity index (χ2n) is 6.45. The third kappa shape index (κ3) is 4.27. The number of aliphatic hydroxyl groups excluding tert-OH is 1. The first kappa shape index (κ1) is 20.1. The van der Waals surface area contributed by atoms with Crippen LogP contribution in [0.1, 0.15) is 16.7 Å². The van der Waals surface area contributed by atoms with Crippen molar-refractivity contribution in [2.75, 3.05) is 7.11 Å². The van der Waals surface area contributed by atoms with Crippen LogP contribution in [0.5, 0.6) is 5.88 Å². The summed E-state index contributed by atoms with van der Waals surface area (Å²) in [6.07, 6.45) is 0.0786. The topological polar surface area (TPSA) is 110 Å². The van der Waals surface area contributed by atoms with Crippen molar-refractivity contribution in [1.29, 1.82) is 0 Å². The molecule has 3 aromatic rings. The number of hydrogen-bond acceptors (Lipinski definition) is 6. The number of fused-ring (bicyclic) bond motifs is 1. The number of aliphatic hydroxyl groups is 1. The largest absolute Gasteiger partial charge is 0.480 e. The van der Waals surface area contributed by atoms with E-state index < -0.39 is 22.0 Å². The molecular formula is C19H19FN2O5S. The fourth-order valence-electron chi connectivity index (χ4n) is 3.07. The summed E-state index contributed by atoms with van der Waals surface area (Å²) in [6, 6.07) is 7.10. The summed E-state index contributed by atoms with van der Waals surface area (Å²) >= 11 is 0. The first-order chi connectivity index (χ1) is 13.2. The number of halogens is 1. The molecule has 1 heterocycles. The maximum atomic E-state index is 14.4. The van der Waals surface area contributed by atoms with Crippen LogP contribution < -0.4 is 4.74 Å². The average Bonchev–Trinajstić information content (AvgIpc) is 2.62. The molecule has 1 atom stereocenters. The zero-order valence-corrected chi connectivity index (χ0v) is 16.1. The average molecular weight is 406 g/mol. The number of aryl methyl sites for hydroxylation is 1. The van der Waals surface area contributed by atoms with Gasteiger partial charge < -0.3 is 9.84 Å². The molecule has 0 saturated heterocycles. The van der Waals surface area contributed by atoms with Crippen molar-refractivity contribution >= 4 is 21.2 Å². The van der Waals surface area contributed by atoms with Gasteiger partial charge in [0.15, 0.2) is 0 Å². The summed E-state index contributed by atoms with van der Waals surface area (Å²) in [6.45, 7) is 1.76. The fraction of sp³-hybridized carbons (Fsp3) is 0.263. The number of hydrogen-bond donors (Lipinski definition) is 2. The fourth-order valence-corrected chi connectivity index (χ4v) is 3.78. The maximum Gasteiger partial charge on any atom is 0.294 e. The van der Waals surface area contributed by atoms with E-state index in [1.807, 2.05) is 0 Å². The van der Waals surface area contributed by atoms with Crippen LogP contribution in [-0.2, 0) is 23.0 Å². The third-order valence-corrected chi connectivity index (χ3v) is 5.29. The quantitative estimate of drug-likeness (QED) is 0.605. The van der Waals surface area contributed by atoms with Crippen molar-refractivity contribution in [2.24, 2.45) is 0 Å². The van der Waals surface area contributed by atoms with E-state index in [0.29, 0.717) is 5.52 Å². The minimum absolute atomic E-state index is 0.0932. The molecule has 0 fully saturated rings. The Morgan fingerprint density at radius 2 is 1.96 bits per heavy atom. The van der Waals surface area contributed by atoms with E-state index in [-0.39, 0.29) is 40.3 Å². The number of aromatic nitrogens is 2. The molecule has 0 radical (unpaired) electrons. The molecule has 2 N–H and O–H groups in total. The van der Waals surface area contributed by atoms with Gasteiger partial charge in [0.1, 0.15) is 5.82 Å². The summed E-state index contributed by atoms with van der Waals surface area (Å²) in [5, 5.41) is 10.5. The Labute approximate surface area is 161 Å². The van der Waals surface area contributed by atoms with Crippen LogP contribution >= 0.6 is 0 Å². The second-order valence-corrected chi connectivity index (χ2v) is 7.84. The molecule has 1 aromatic heterocycles. The molecule has 0 aliphatic rings. The highest BCUT2D eigenvalue weighted by atomic mass is 32.2. The molecule has 148 valence electrons. The number of methoxy groups -OCH3 is 1.